The molecule has 1 aromatic rings. The first-order chi connectivity index (χ1) is 5.25. The molecule has 0 aromatic carbocycles. The van der Waals surface area contributed by atoms with Crippen molar-refractivity contribution in [3.8, 4) is 0 Å². The topological polar surface area (TPSA) is 33.4 Å². The zero-order valence-electron chi connectivity index (χ0n) is 6.38. The van der Waals surface area contributed by atoms with Gasteiger partial charge in [-0.15, -0.1) is 0 Å². The van der Waals surface area contributed by atoms with Crippen molar-refractivity contribution in [2.75, 3.05) is 0 Å². The molecule has 0 aliphatic rings. The molecule has 0 saturated heterocycles. The van der Waals surface area contributed by atoms with Crippen LogP contribution in [0.4, 0.5) is 0 Å². The van der Waals surface area contributed by atoms with Gasteiger partial charge in [-0.3, -0.25) is 0 Å². The van der Waals surface area contributed by atoms with Crippen LogP contribution in [0.1, 0.15) is 31.6 Å². The van der Waals surface area contributed by atoms with Crippen LogP contribution < -0.4 is 0 Å². The lowest BCUT2D eigenvalue weighted by atomic mass is 10.2. The molecule has 0 bridgehead atoms. The predicted octanol–water partition coefficient (Wildman–Crippen LogP) is 2.88. The fourth-order valence-electron chi connectivity index (χ4n) is 0.948. The molecule has 2 nitrogen and oxygen atoms in total. The zero-order valence-corrected chi connectivity index (χ0v) is 7.97. The van der Waals surface area contributed by atoms with E-state index < -0.39 is 6.10 Å². The average Bonchev–Trinajstić information content (AvgIpc) is 2.36. The van der Waals surface area contributed by atoms with Crippen molar-refractivity contribution in [1.82, 2.24) is 0 Å². The van der Waals surface area contributed by atoms with E-state index in [1.54, 1.807) is 12.3 Å². The van der Waals surface area contributed by atoms with Crippen LogP contribution in [0, 0.1) is 0 Å². The molecular formula is C8H11BrO2. The van der Waals surface area contributed by atoms with Gasteiger partial charge in [-0.1, -0.05) is 13.3 Å². The van der Waals surface area contributed by atoms with Gasteiger partial charge in [0, 0.05) is 0 Å². The first-order valence-corrected chi connectivity index (χ1v) is 4.46. The molecule has 11 heavy (non-hydrogen) atoms. The zero-order chi connectivity index (χ0) is 8.27. The fourth-order valence-corrected chi connectivity index (χ4v) is 1.41. The molecule has 0 radical (unpaired) electrons. The smallest absolute Gasteiger partial charge is 0.146 e. The van der Waals surface area contributed by atoms with E-state index in [-0.39, 0.29) is 0 Å². The molecular weight excluding hydrogens is 208 g/mol. The van der Waals surface area contributed by atoms with Crippen LogP contribution in [0.3, 0.4) is 0 Å². The van der Waals surface area contributed by atoms with E-state index in [9.17, 15) is 5.11 Å². The number of rotatable bonds is 3. The summed E-state index contributed by atoms with van der Waals surface area (Å²) >= 11 is 3.28. The van der Waals surface area contributed by atoms with E-state index in [0.717, 1.165) is 17.3 Å². The minimum atomic E-state index is -0.468. The van der Waals surface area contributed by atoms with Crippen molar-refractivity contribution in [3.63, 3.8) is 0 Å². The highest BCUT2D eigenvalue weighted by atomic mass is 79.9. The standard InChI is InChI=1S/C8H11BrO2/c1-2-3-7(10)8-6(9)4-5-11-8/h4-5,7,10H,2-3H2,1H3. The Bertz CT molecular complexity index is 220. The van der Waals surface area contributed by atoms with Crippen LogP contribution in [-0.2, 0) is 0 Å². The number of aliphatic hydroxyl groups excluding tert-OH is 1. The molecule has 1 atom stereocenters. The van der Waals surface area contributed by atoms with Gasteiger partial charge in [0.05, 0.1) is 10.7 Å². The third-order valence-corrected chi connectivity index (χ3v) is 2.16. The summed E-state index contributed by atoms with van der Waals surface area (Å²) in [4.78, 5) is 0. The maximum absolute atomic E-state index is 9.47. The van der Waals surface area contributed by atoms with Gasteiger partial charge in [0.15, 0.2) is 0 Å². The Hall–Kier alpha value is -0.280. The average molecular weight is 219 g/mol. The lowest BCUT2D eigenvalue weighted by molar-refractivity contribution is 0.138. The summed E-state index contributed by atoms with van der Waals surface area (Å²) in [7, 11) is 0. The summed E-state index contributed by atoms with van der Waals surface area (Å²) in [6.07, 6.45) is 2.79. The Kier molecular flexibility index (Phi) is 3.15. The van der Waals surface area contributed by atoms with Crippen molar-refractivity contribution in [2.45, 2.75) is 25.9 Å². The minimum absolute atomic E-state index is 0.468. The van der Waals surface area contributed by atoms with E-state index in [4.69, 9.17) is 4.42 Å². The molecule has 0 amide bonds. The molecule has 3 heteroatoms. The third kappa shape index (κ3) is 2.07. The monoisotopic (exact) mass is 218 g/mol. The molecule has 1 unspecified atom stereocenters. The SMILES string of the molecule is CCCC(O)c1occc1Br. The Morgan fingerprint density at radius 3 is 2.91 bits per heavy atom. The summed E-state index contributed by atoms with van der Waals surface area (Å²) in [5.74, 6) is 0.631. The van der Waals surface area contributed by atoms with Gasteiger partial charge in [0.1, 0.15) is 11.9 Å². The number of halogens is 1. The molecule has 62 valence electrons. The molecule has 0 fully saturated rings. The normalized spacial score (nSPS) is 13.4. The van der Waals surface area contributed by atoms with Crippen molar-refractivity contribution >= 4 is 15.9 Å². The molecule has 0 spiro atoms. The van der Waals surface area contributed by atoms with Crippen LogP contribution in [0.2, 0.25) is 0 Å². The predicted molar refractivity (Wildman–Crippen MR) is 46.3 cm³/mol. The Morgan fingerprint density at radius 1 is 1.73 bits per heavy atom. The highest BCUT2D eigenvalue weighted by Gasteiger charge is 2.12. The van der Waals surface area contributed by atoms with Crippen molar-refractivity contribution in [2.24, 2.45) is 0 Å². The van der Waals surface area contributed by atoms with Gasteiger partial charge < -0.3 is 9.52 Å². The van der Waals surface area contributed by atoms with Gasteiger partial charge in [0.2, 0.25) is 0 Å². The maximum Gasteiger partial charge on any atom is 0.146 e. The first-order valence-electron chi connectivity index (χ1n) is 3.66. The van der Waals surface area contributed by atoms with Gasteiger partial charge in [-0.05, 0) is 28.4 Å². The summed E-state index contributed by atoms with van der Waals surface area (Å²) in [5, 5.41) is 9.47. The highest BCUT2D eigenvalue weighted by Crippen LogP contribution is 2.26. The van der Waals surface area contributed by atoms with E-state index in [0.29, 0.717) is 5.76 Å². The van der Waals surface area contributed by atoms with Crippen LogP contribution in [0.25, 0.3) is 0 Å². The van der Waals surface area contributed by atoms with Gasteiger partial charge in [0.25, 0.3) is 0 Å². The van der Waals surface area contributed by atoms with E-state index in [2.05, 4.69) is 15.9 Å². The van der Waals surface area contributed by atoms with Gasteiger partial charge in [-0.25, -0.2) is 0 Å². The summed E-state index contributed by atoms with van der Waals surface area (Å²) in [6.45, 7) is 2.03. The summed E-state index contributed by atoms with van der Waals surface area (Å²) < 4.78 is 5.93. The minimum Gasteiger partial charge on any atom is -0.465 e. The molecule has 0 saturated carbocycles. The largest absolute Gasteiger partial charge is 0.465 e. The van der Waals surface area contributed by atoms with E-state index in [1.807, 2.05) is 6.92 Å². The van der Waals surface area contributed by atoms with Gasteiger partial charge in [-0.2, -0.15) is 0 Å². The van der Waals surface area contributed by atoms with Crippen molar-refractivity contribution in [3.05, 3.63) is 22.6 Å². The second-order valence-electron chi connectivity index (χ2n) is 2.44. The Balaban J connectivity index is 2.67. The lowest BCUT2D eigenvalue weighted by Crippen LogP contribution is -1.94. The van der Waals surface area contributed by atoms with Crippen molar-refractivity contribution in [1.29, 1.82) is 0 Å². The molecule has 0 aliphatic heterocycles. The van der Waals surface area contributed by atoms with Crippen LogP contribution >= 0.6 is 15.9 Å². The molecule has 1 aromatic heterocycles. The van der Waals surface area contributed by atoms with Gasteiger partial charge >= 0.3 is 0 Å². The molecule has 1 rings (SSSR count). The number of aliphatic hydroxyl groups is 1. The Labute approximate surface area is 74.3 Å². The number of hydrogen-bond acceptors (Lipinski definition) is 2. The third-order valence-electron chi connectivity index (χ3n) is 1.51. The molecule has 1 heterocycles. The fraction of sp³-hybridized carbons (Fsp3) is 0.500. The molecule has 0 aliphatic carbocycles. The number of furan rings is 1. The Morgan fingerprint density at radius 2 is 2.45 bits per heavy atom. The maximum atomic E-state index is 9.47. The lowest BCUT2D eigenvalue weighted by Gasteiger charge is -2.05. The van der Waals surface area contributed by atoms with Crippen molar-refractivity contribution < 1.29 is 9.52 Å². The number of hydrogen-bond donors (Lipinski definition) is 1. The summed E-state index contributed by atoms with van der Waals surface area (Å²) in [6, 6.07) is 1.79. The molecule has 1 N–H and O–H groups in total. The highest BCUT2D eigenvalue weighted by molar-refractivity contribution is 9.10. The van der Waals surface area contributed by atoms with Crippen LogP contribution in [0.15, 0.2) is 21.2 Å². The van der Waals surface area contributed by atoms with Crippen LogP contribution in [-0.4, -0.2) is 5.11 Å². The second-order valence-corrected chi connectivity index (χ2v) is 3.29. The summed E-state index contributed by atoms with van der Waals surface area (Å²) in [5.41, 5.74) is 0. The van der Waals surface area contributed by atoms with E-state index >= 15 is 0 Å². The second kappa shape index (κ2) is 3.93. The van der Waals surface area contributed by atoms with Crippen LogP contribution in [0.5, 0.6) is 0 Å². The first kappa shape index (κ1) is 8.81. The van der Waals surface area contributed by atoms with E-state index in [1.165, 1.54) is 0 Å². The quantitative estimate of drug-likeness (QED) is 0.847.